The van der Waals surface area contributed by atoms with Crippen LogP contribution in [0.15, 0.2) is 0 Å². The van der Waals surface area contributed by atoms with Crippen LogP contribution in [0.5, 0.6) is 0 Å². The molecule has 4 N–H and O–H groups in total. The van der Waals surface area contributed by atoms with E-state index in [4.69, 9.17) is 15.9 Å². The Bertz CT molecular complexity index is 253. The third kappa shape index (κ3) is 1.39. The molecule has 0 unspecified atom stereocenters. The van der Waals surface area contributed by atoms with Gasteiger partial charge < -0.3 is 15.9 Å². The zero-order valence-electron chi connectivity index (χ0n) is 7.36. The molecule has 1 aliphatic rings. The summed E-state index contributed by atoms with van der Waals surface area (Å²) in [4.78, 5) is 21.3. The predicted octanol–water partition coefficient (Wildman–Crippen LogP) is -0.101. The van der Waals surface area contributed by atoms with Crippen LogP contribution in [0.4, 0.5) is 0 Å². The fraction of sp³-hybridized carbons (Fsp3) is 0.750. The van der Waals surface area contributed by atoms with Gasteiger partial charge in [-0.2, -0.15) is 0 Å². The molecule has 0 aliphatic heterocycles. The Kier molecular flexibility index (Phi) is 2.30. The van der Waals surface area contributed by atoms with Crippen LogP contribution in [0.25, 0.3) is 0 Å². The summed E-state index contributed by atoms with van der Waals surface area (Å²) < 4.78 is 0. The molecule has 0 aromatic rings. The molecule has 74 valence electrons. The van der Waals surface area contributed by atoms with Crippen LogP contribution in [0.2, 0.25) is 0 Å². The fourth-order valence-corrected chi connectivity index (χ4v) is 1.78. The molecule has 5 heteroatoms. The summed E-state index contributed by atoms with van der Waals surface area (Å²) in [7, 11) is 0. The van der Waals surface area contributed by atoms with Crippen molar-refractivity contribution in [2.24, 2.45) is 17.1 Å². The number of carboxylic acids is 2. The maximum atomic E-state index is 10.8. The Morgan fingerprint density at radius 2 is 2.15 bits per heavy atom. The molecule has 0 heterocycles. The lowest BCUT2D eigenvalue weighted by atomic mass is 9.97. The molecule has 1 aliphatic carbocycles. The van der Waals surface area contributed by atoms with Crippen molar-refractivity contribution in [2.75, 3.05) is 0 Å². The zero-order chi connectivity index (χ0) is 10.2. The van der Waals surface area contributed by atoms with Gasteiger partial charge in [-0.25, -0.2) is 0 Å². The minimum absolute atomic E-state index is 0.381. The van der Waals surface area contributed by atoms with Crippen molar-refractivity contribution >= 4 is 11.9 Å². The Balaban J connectivity index is 2.70. The summed E-state index contributed by atoms with van der Waals surface area (Å²) in [6.07, 6.45) is 0.820. The summed E-state index contributed by atoms with van der Waals surface area (Å²) >= 11 is 0. The van der Waals surface area contributed by atoms with E-state index in [0.29, 0.717) is 12.8 Å². The third-order valence-electron chi connectivity index (χ3n) is 2.91. The van der Waals surface area contributed by atoms with E-state index in [0.717, 1.165) is 0 Å². The number of rotatable bonds is 4. The summed E-state index contributed by atoms with van der Waals surface area (Å²) in [5.74, 6) is -2.47. The van der Waals surface area contributed by atoms with Crippen molar-refractivity contribution in [3.05, 3.63) is 0 Å². The van der Waals surface area contributed by atoms with E-state index in [-0.39, 0.29) is 0 Å². The number of carbonyl (C=O) groups is 2. The van der Waals surface area contributed by atoms with Crippen LogP contribution >= 0.6 is 0 Å². The van der Waals surface area contributed by atoms with E-state index >= 15 is 0 Å². The summed E-state index contributed by atoms with van der Waals surface area (Å²) in [5.41, 5.74) is 4.47. The SMILES string of the molecule is CC[C@]1(C(=O)O)C[C@@H]1[C@H](N)C(=O)O. The van der Waals surface area contributed by atoms with Gasteiger partial charge in [-0.15, -0.1) is 0 Å². The first-order valence-corrected chi connectivity index (χ1v) is 4.17. The van der Waals surface area contributed by atoms with E-state index in [1.807, 2.05) is 0 Å². The number of hydrogen-bond acceptors (Lipinski definition) is 3. The Morgan fingerprint density at radius 1 is 1.62 bits per heavy atom. The first-order chi connectivity index (χ1) is 5.95. The minimum atomic E-state index is -1.12. The highest BCUT2D eigenvalue weighted by atomic mass is 16.4. The highest BCUT2D eigenvalue weighted by Crippen LogP contribution is 2.56. The highest BCUT2D eigenvalue weighted by molar-refractivity contribution is 5.82. The second-order valence-electron chi connectivity index (χ2n) is 3.49. The largest absolute Gasteiger partial charge is 0.481 e. The lowest BCUT2D eigenvalue weighted by molar-refractivity contribution is -0.145. The minimum Gasteiger partial charge on any atom is -0.481 e. The van der Waals surface area contributed by atoms with Crippen LogP contribution in [0, 0.1) is 11.3 Å². The first-order valence-electron chi connectivity index (χ1n) is 4.17. The monoisotopic (exact) mass is 187 g/mol. The van der Waals surface area contributed by atoms with E-state index in [2.05, 4.69) is 0 Å². The molecule has 0 bridgehead atoms. The smallest absolute Gasteiger partial charge is 0.320 e. The van der Waals surface area contributed by atoms with Gasteiger partial charge in [-0.3, -0.25) is 9.59 Å². The Labute approximate surface area is 75.5 Å². The van der Waals surface area contributed by atoms with Crippen LogP contribution in [-0.4, -0.2) is 28.2 Å². The summed E-state index contributed by atoms with van der Waals surface area (Å²) in [6, 6.07) is -1.05. The van der Waals surface area contributed by atoms with Crippen molar-refractivity contribution in [1.82, 2.24) is 0 Å². The van der Waals surface area contributed by atoms with E-state index in [9.17, 15) is 9.59 Å². The first kappa shape index (κ1) is 9.98. The molecular weight excluding hydrogens is 174 g/mol. The lowest BCUT2D eigenvalue weighted by Gasteiger charge is -2.11. The fourth-order valence-electron chi connectivity index (χ4n) is 1.78. The van der Waals surface area contributed by atoms with Crippen molar-refractivity contribution in [1.29, 1.82) is 0 Å². The Morgan fingerprint density at radius 3 is 2.38 bits per heavy atom. The number of hydrogen-bond donors (Lipinski definition) is 3. The van der Waals surface area contributed by atoms with Crippen molar-refractivity contribution in [2.45, 2.75) is 25.8 Å². The molecular formula is C8H13NO4. The lowest BCUT2D eigenvalue weighted by Crippen LogP contribution is -2.36. The van der Waals surface area contributed by atoms with Gasteiger partial charge in [0.15, 0.2) is 0 Å². The maximum absolute atomic E-state index is 10.8. The molecule has 13 heavy (non-hydrogen) atoms. The molecule has 3 atom stereocenters. The molecule has 1 saturated carbocycles. The molecule has 0 saturated heterocycles. The summed E-state index contributed by atoms with van der Waals surface area (Å²) in [6.45, 7) is 1.74. The van der Waals surface area contributed by atoms with Gasteiger partial charge in [-0.1, -0.05) is 6.92 Å². The molecule has 0 spiro atoms. The predicted molar refractivity (Wildman–Crippen MR) is 44.1 cm³/mol. The number of nitrogens with two attached hydrogens (primary N) is 1. The second kappa shape index (κ2) is 2.99. The average molecular weight is 187 g/mol. The highest BCUT2D eigenvalue weighted by Gasteiger charge is 2.62. The second-order valence-corrected chi connectivity index (χ2v) is 3.49. The standard InChI is InChI=1S/C8H13NO4/c1-2-8(7(12)13)3-4(8)5(9)6(10)11/h4-5H,2-3,9H2,1H3,(H,10,11)(H,12,13)/t4-,5+,8+/m1/s1. The van der Waals surface area contributed by atoms with E-state index in [1.54, 1.807) is 6.92 Å². The van der Waals surface area contributed by atoms with Gasteiger partial charge in [0.1, 0.15) is 6.04 Å². The summed E-state index contributed by atoms with van der Waals surface area (Å²) in [5, 5.41) is 17.4. The van der Waals surface area contributed by atoms with Crippen molar-refractivity contribution < 1.29 is 19.8 Å². The number of carboxylic acid groups (broad SMARTS) is 2. The van der Waals surface area contributed by atoms with Gasteiger partial charge in [0.05, 0.1) is 5.41 Å². The van der Waals surface area contributed by atoms with Gasteiger partial charge in [0.2, 0.25) is 0 Å². The average Bonchev–Trinajstić information content (AvgIpc) is 2.78. The van der Waals surface area contributed by atoms with Crippen LogP contribution in [0.3, 0.4) is 0 Å². The van der Waals surface area contributed by atoms with Crippen molar-refractivity contribution in [3.63, 3.8) is 0 Å². The molecule has 1 rings (SSSR count). The van der Waals surface area contributed by atoms with Crippen molar-refractivity contribution in [3.8, 4) is 0 Å². The molecule has 0 amide bonds. The van der Waals surface area contributed by atoms with Gasteiger partial charge in [0.25, 0.3) is 0 Å². The van der Waals surface area contributed by atoms with Gasteiger partial charge >= 0.3 is 11.9 Å². The normalized spacial score (nSPS) is 33.8. The van der Waals surface area contributed by atoms with E-state index < -0.39 is 29.3 Å². The number of aliphatic carboxylic acids is 2. The van der Waals surface area contributed by atoms with Crippen LogP contribution in [0.1, 0.15) is 19.8 Å². The quantitative estimate of drug-likeness (QED) is 0.570. The van der Waals surface area contributed by atoms with Crippen LogP contribution < -0.4 is 5.73 Å². The third-order valence-corrected chi connectivity index (χ3v) is 2.91. The Hall–Kier alpha value is -1.10. The van der Waals surface area contributed by atoms with Crippen LogP contribution in [-0.2, 0) is 9.59 Å². The van der Waals surface area contributed by atoms with Gasteiger partial charge in [0, 0.05) is 5.92 Å². The molecule has 5 nitrogen and oxygen atoms in total. The molecule has 0 aromatic carbocycles. The topological polar surface area (TPSA) is 101 Å². The molecule has 1 fully saturated rings. The molecule has 0 aromatic heterocycles. The van der Waals surface area contributed by atoms with Gasteiger partial charge in [-0.05, 0) is 12.8 Å². The molecule has 0 radical (unpaired) electrons. The maximum Gasteiger partial charge on any atom is 0.320 e. The zero-order valence-corrected chi connectivity index (χ0v) is 7.36. The van der Waals surface area contributed by atoms with E-state index in [1.165, 1.54) is 0 Å².